The minimum Gasteiger partial charge on any atom is -0.337 e. The third-order valence-corrected chi connectivity index (χ3v) is 3.70. The highest BCUT2D eigenvalue weighted by molar-refractivity contribution is 5.79. The van der Waals surface area contributed by atoms with Gasteiger partial charge in [0.1, 0.15) is 5.82 Å². The van der Waals surface area contributed by atoms with Crippen molar-refractivity contribution in [3.05, 3.63) is 59.9 Å². The second-order valence-electron chi connectivity index (χ2n) is 5.66. The number of rotatable bonds is 4. The molecule has 2 aromatic heterocycles. The fraction of sp³-hybridized carbons (Fsp3) is 0.0588. The van der Waals surface area contributed by atoms with Crippen molar-refractivity contribution >= 4 is 34.3 Å². The molecule has 0 amide bonds. The van der Waals surface area contributed by atoms with E-state index in [2.05, 4.69) is 35.5 Å². The highest BCUT2D eigenvalue weighted by Crippen LogP contribution is 2.31. The third kappa shape index (κ3) is 3.68. The summed E-state index contributed by atoms with van der Waals surface area (Å²) < 4.78 is 55.8. The van der Waals surface area contributed by atoms with Crippen molar-refractivity contribution in [1.29, 1.82) is 0 Å². The number of halogens is 4. The Kier molecular flexibility index (Phi) is 4.26. The standard InChI is InChI=1S/C17H10F4N6O/c18-10-3-7-12(8-4-10)23-14-13(24-15-16(25-14)27-28-26-15)22-11-5-1-9(2-6-11)17(19,20)21/h1-8H,(H,22,24,26)(H,23,25,27). The van der Waals surface area contributed by atoms with E-state index < -0.39 is 17.6 Å². The Balaban J connectivity index is 1.67. The first kappa shape index (κ1) is 17.6. The van der Waals surface area contributed by atoms with Crippen LogP contribution in [0.4, 0.5) is 40.6 Å². The van der Waals surface area contributed by atoms with Gasteiger partial charge in [0.25, 0.3) is 0 Å². The summed E-state index contributed by atoms with van der Waals surface area (Å²) in [5.41, 5.74) is 0.328. The van der Waals surface area contributed by atoms with Gasteiger partial charge in [-0.15, -0.1) is 0 Å². The van der Waals surface area contributed by atoms with Crippen LogP contribution in [0, 0.1) is 5.82 Å². The number of alkyl halides is 3. The molecule has 0 fully saturated rings. The van der Waals surface area contributed by atoms with E-state index >= 15 is 0 Å². The van der Waals surface area contributed by atoms with Crippen molar-refractivity contribution in [2.45, 2.75) is 6.18 Å². The smallest absolute Gasteiger partial charge is 0.337 e. The molecule has 0 radical (unpaired) electrons. The molecule has 0 aliphatic rings. The summed E-state index contributed by atoms with van der Waals surface area (Å²) >= 11 is 0. The number of fused-ring (bicyclic) bond motifs is 1. The molecule has 4 aromatic rings. The fourth-order valence-electron chi connectivity index (χ4n) is 2.36. The summed E-state index contributed by atoms with van der Waals surface area (Å²) in [5.74, 6) is -0.0297. The molecule has 11 heteroatoms. The maximum atomic E-state index is 13.1. The number of hydrogen-bond acceptors (Lipinski definition) is 7. The summed E-state index contributed by atoms with van der Waals surface area (Å²) in [6.45, 7) is 0. The van der Waals surface area contributed by atoms with Crippen molar-refractivity contribution in [2.24, 2.45) is 0 Å². The molecular weight excluding hydrogens is 380 g/mol. The first-order valence-corrected chi connectivity index (χ1v) is 7.86. The van der Waals surface area contributed by atoms with Crippen LogP contribution in [0.2, 0.25) is 0 Å². The zero-order valence-electron chi connectivity index (χ0n) is 13.8. The normalized spacial score (nSPS) is 11.6. The fourth-order valence-corrected chi connectivity index (χ4v) is 2.36. The largest absolute Gasteiger partial charge is 0.416 e. The molecule has 7 nitrogen and oxygen atoms in total. The van der Waals surface area contributed by atoms with E-state index in [9.17, 15) is 17.6 Å². The van der Waals surface area contributed by atoms with Crippen molar-refractivity contribution < 1.29 is 22.2 Å². The van der Waals surface area contributed by atoms with Gasteiger partial charge < -0.3 is 10.6 Å². The maximum Gasteiger partial charge on any atom is 0.416 e. The second kappa shape index (κ2) is 6.76. The topological polar surface area (TPSA) is 88.8 Å². The lowest BCUT2D eigenvalue weighted by molar-refractivity contribution is -0.137. The van der Waals surface area contributed by atoms with Crippen LogP contribution in [-0.2, 0) is 6.18 Å². The molecule has 0 unspecified atom stereocenters. The van der Waals surface area contributed by atoms with Gasteiger partial charge in [-0.05, 0) is 58.8 Å². The van der Waals surface area contributed by atoms with Crippen LogP contribution >= 0.6 is 0 Å². The van der Waals surface area contributed by atoms with Gasteiger partial charge in [-0.1, -0.05) is 0 Å². The third-order valence-electron chi connectivity index (χ3n) is 3.70. The van der Waals surface area contributed by atoms with Crippen molar-refractivity contribution in [3.63, 3.8) is 0 Å². The summed E-state index contributed by atoms with van der Waals surface area (Å²) in [7, 11) is 0. The lowest BCUT2D eigenvalue weighted by Crippen LogP contribution is -2.06. The number of hydrogen-bond donors (Lipinski definition) is 2. The van der Waals surface area contributed by atoms with Crippen LogP contribution in [-0.4, -0.2) is 20.3 Å². The minimum atomic E-state index is -4.43. The minimum absolute atomic E-state index is 0.110. The average molecular weight is 390 g/mol. The molecule has 0 aliphatic carbocycles. The zero-order valence-corrected chi connectivity index (χ0v) is 13.8. The lowest BCUT2D eigenvalue weighted by Gasteiger charge is -2.12. The first-order valence-electron chi connectivity index (χ1n) is 7.86. The zero-order chi connectivity index (χ0) is 19.7. The Bertz CT molecular complexity index is 1110. The van der Waals surface area contributed by atoms with Crippen LogP contribution in [0.5, 0.6) is 0 Å². The molecule has 0 saturated carbocycles. The van der Waals surface area contributed by atoms with Gasteiger partial charge in [-0.3, -0.25) is 0 Å². The van der Waals surface area contributed by atoms with E-state index in [4.69, 9.17) is 0 Å². The molecule has 142 valence electrons. The van der Waals surface area contributed by atoms with E-state index in [1.807, 2.05) is 0 Å². The second-order valence-corrected chi connectivity index (χ2v) is 5.66. The van der Waals surface area contributed by atoms with Gasteiger partial charge in [0.15, 0.2) is 11.6 Å². The monoisotopic (exact) mass is 390 g/mol. The Labute approximate surface area is 154 Å². The molecular formula is C17H10F4N6O. The number of nitrogens with one attached hydrogen (secondary N) is 2. The summed E-state index contributed by atoms with van der Waals surface area (Å²) in [6, 6.07) is 9.91. The van der Waals surface area contributed by atoms with Gasteiger partial charge in [0.05, 0.1) is 5.56 Å². The predicted molar refractivity (Wildman–Crippen MR) is 91.8 cm³/mol. The maximum absolute atomic E-state index is 13.1. The van der Waals surface area contributed by atoms with E-state index in [1.165, 1.54) is 36.4 Å². The Morgan fingerprint density at radius 1 is 0.714 bits per heavy atom. The van der Waals surface area contributed by atoms with Crippen LogP contribution in [0.15, 0.2) is 53.2 Å². The summed E-state index contributed by atoms with van der Waals surface area (Å²) in [5, 5.41) is 13.0. The van der Waals surface area contributed by atoms with Crippen LogP contribution in [0.3, 0.4) is 0 Å². The van der Waals surface area contributed by atoms with E-state index in [1.54, 1.807) is 0 Å². The van der Waals surface area contributed by atoms with Crippen LogP contribution in [0.1, 0.15) is 5.56 Å². The quantitative estimate of drug-likeness (QED) is 0.490. The van der Waals surface area contributed by atoms with E-state index in [-0.39, 0.29) is 22.9 Å². The summed E-state index contributed by atoms with van der Waals surface area (Å²) in [6.07, 6.45) is -4.43. The van der Waals surface area contributed by atoms with Crippen molar-refractivity contribution in [2.75, 3.05) is 10.6 Å². The van der Waals surface area contributed by atoms with E-state index in [0.717, 1.165) is 12.1 Å². The van der Waals surface area contributed by atoms with Crippen LogP contribution < -0.4 is 10.6 Å². The van der Waals surface area contributed by atoms with Gasteiger partial charge in [0, 0.05) is 11.4 Å². The van der Waals surface area contributed by atoms with E-state index in [0.29, 0.717) is 11.4 Å². The Morgan fingerprint density at radius 2 is 1.18 bits per heavy atom. The molecule has 0 spiro atoms. The molecule has 28 heavy (non-hydrogen) atoms. The molecule has 2 aromatic carbocycles. The lowest BCUT2D eigenvalue weighted by atomic mass is 10.2. The molecule has 0 bridgehead atoms. The van der Waals surface area contributed by atoms with Gasteiger partial charge >= 0.3 is 6.18 Å². The van der Waals surface area contributed by atoms with Crippen LogP contribution in [0.25, 0.3) is 11.3 Å². The van der Waals surface area contributed by atoms with Crippen molar-refractivity contribution in [1.82, 2.24) is 20.3 Å². The number of nitrogens with zero attached hydrogens (tertiary/aromatic N) is 4. The molecule has 4 rings (SSSR count). The number of anilines is 4. The van der Waals surface area contributed by atoms with Crippen molar-refractivity contribution in [3.8, 4) is 0 Å². The Hall–Kier alpha value is -3.76. The van der Waals surface area contributed by atoms with Gasteiger partial charge in [0.2, 0.25) is 11.3 Å². The number of benzene rings is 2. The highest BCUT2D eigenvalue weighted by atomic mass is 19.4. The van der Waals surface area contributed by atoms with Gasteiger partial charge in [-0.25, -0.2) is 19.0 Å². The molecule has 2 heterocycles. The number of aromatic nitrogens is 4. The predicted octanol–water partition coefficient (Wildman–Crippen LogP) is 4.66. The molecule has 0 aliphatic heterocycles. The first-order chi connectivity index (χ1) is 13.4. The average Bonchev–Trinajstić information content (AvgIpc) is 3.11. The van der Waals surface area contributed by atoms with Gasteiger partial charge in [-0.2, -0.15) is 13.2 Å². The highest BCUT2D eigenvalue weighted by Gasteiger charge is 2.30. The molecule has 0 atom stereocenters. The molecule has 0 saturated heterocycles. The molecule has 2 N–H and O–H groups in total. The summed E-state index contributed by atoms with van der Waals surface area (Å²) in [4.78, 5) is 8.44. The Morgan fingerprint density at radius 3 is 1.64 bits per heavy atom. The SMILES string of the molecule is Fc1ccc(Nc2nc3nonc3nc2Nc2ccc(C(F)(F)F)cc2)cc1.